The molecule has 3 aromatic rings. The van der Waals surface area contributed by atoms with Gasteiger partial charge in [0.05, 0.1) is 18.3 Å². The first-order valence-electron chi connectivity index (χ1n) is 9.86. The van der Waals surface area contributed by atoms with Gasteiger partial charge >= 0.3 is 0 Å². The molecule has 0 bridgehead atoms. The van der Waals surface area contributed by atoms with E-state index >= 15 is 0 Å². The number of rotatable bonds is 4. The number of ether oxygens (including phenoxy) is 1. The van der Waals surface area contributed by atoms with E-state index in [9.17, 15) is 9.59 Å². The van der Waals surface area contributed by atoms with Gasteiger partial charge in [0.2, 0.25) is 0 Å². The van der Waals surface area contributed by atoms with Crippen LogP contribution in [0.25, 0.3) is 10.9 Å². The fourth-order valence-electron chi connectivity index (χ4n) is 4.36. The maximum absolute atomic E-state index is 13.0. The third-order valence-corrected chi connectivity index (χ3v) is 5.94. The Balaban J connectivity index is 1.22. The fraction of sp³-hybridized carbons (Fsp3) is 0.318. The zero-order valence-corrected chi connectivity index (χ0v) is 15.9. The number of aromatic amines is 1. The van der Waals surface area contributed by atoms with E-state index in [1.165, 1.54) is 0 Å². The summed E-state index contributed by atoms with van der Waals surface area (Å²) in [5.41, 5.74) is 2.11. The molecule has 2 fully saturated rings. The Labute approximate surface area is 168 Å². The molecule has 1 aromatic carbocycles. The Hall–Kier alpha value is -3.19. The van der Waals surface area contributed by atoms with Crippen LogP contribution >= 0.6 is 0 Å². The first-order valence-corrected chi connectivity index (χ1v) is 9.86. The summed E-state index contributed by atoms with van der Waals surface area (Å²) in [6.45, 7) is 2.37. The molecular formula is C22H22N4O3. The molecule has 4 heterocycles. The summed E-state index contributed by atoms with van der Waals surface area (Å²) in [6, 6.07) is 13.3. The van der Waals surface area contributed by atoms with Gasteiger partial charge in [-0.1, -0.05) is 18.2 Å². The largest absolute Gasteiger partial charge is 0.376 e. The van der Waals surface area contributed by atoms with Crippen LogP contribution in [0.15, 0.2) is 54.9 Å². The van der Waals surface area contributed by atoms with E-state index in [1.54, 1.807) is 24.5 Å². The standard InChI is InChI=1S/C22H22N4O3/c27-21(15-5-3-7-23-9-15)24-10-16-13-29-20-12-26(11-17(16)20)22(28)19-8-14-4-1-2-6-18(14)25-19/h1-9,16-17,20,25H,10-13H2,(H,24,27)/t16-,17+,20+/m0/s1. The number of benzene rings is 1. The highest BCUT2D eigenvalue weighted by Gasteiger charge is 2.45. The monoisotopic (exact) mass is 390 g/mol. The van der Waals surface area contributed by atoms with Crippen LogP contribution in [0.2, 0.25) is 0 Å². The Morgan fingerprint density at radius 2 is 2.10 bits per heavy atom. The third kappa shape index (κ3) is 3.38. The van der Waals surface area contributed by atoms with Gasteiger partial charge in [0, 0.05) is 54.8 Å². The van der Waals surface area contributed by atoms with Crippen molar-refractivity contribution < 1.29 is 14.3 Å². The molecule has 2 aromatic heterocycles. The SMILES string of the molecule is O=C(NC[C@H]1CO[C@@H]2CN(C(=O)c3cc4ccccc4[nH]3)C[C@H]12)c1cccnc1. The second-order valence-corrected chi connectivity index (χ2v) is 7.73. The van der Waals surface area contributed by atoms with E-state index in [2.05, 4.69) is 15.3 Å². The number of nitrogens with zero attached hydrogens (tertiary/aromatic N) is 2. The number of hydrogen-bond donors (Lipinski definition) is 2. The molecule has 7 nitrogen and oxygen atoms in total. The number of H-pyrrole nitrogens is 1. The summed E-state index contributed by atoms with van der Waals surface area (Å²) in [5, 5.41) is 4.01. The van der Waals surface area contributed by atoms with Crippen LogP contribution < -0.4 is 5.32 Å². The van der Waals surface area contributed by atoms with Gasteiger partial charge in [-0.25, -0.2) is 0 Å². The molecule has 7 heteroatoms. The van der Waals surface area contributed by atoms with Crippen molar-refractivity contribution >= 4 is 22.7 Å². The van der Waals surface area contributed by atoms with Crippen molar-refractivity contribution in [2.75, 3.05) is 26.2 Å². The van der Waals surface area contributed by atoms with Crippen molar-refractivity contribution in [2.24, 2.45) is 11.8 Å². The number of aromatic nitrogens is 2. The molecule has 0 aliphatic carbocycles. The van der Waals surface area contributed by atoms with E-state index in [1.807, 2.05) is 35.2 Å². The third-order valence-electron chi connectivity index (χ3n) is 5.94. The maximum atomic E-state index is 13.0. The number of fused-ring (bicyclic) bond motifs is 2. The number of hydrogen-bond acceptors (Lipinski definition) is 4. The number of likely N-dealkylation sites (tertiary alicyclic amines) is 1. The average Bonchev–Trinajstić information content (AvgIpc) is 3.46. The van der Waals surface area contributed by atoms with Crippen molar-refractivity contribution in [3.8, 4) is 0 Å². The molecule has 2 saturated heterocycles. The second-order valence-electron chi connectivity index (χ2n) is 7.73. The molecular weight excluding hydrogens is 368 g/mol. The maximum Gasteiger partial charge on any atom is 0.270 e. The first kappa shape index (κ1) is 17.9. The van der Waals surface area contributed by atoms with Gasteiger partial charge < -0.3 is 19.9 Å². The van der Waals surface area contributed by atoms with Gasteiger partial charge in [-0.3, -0.25) is 14.6 Å². The predicted octanol–water partition coefficient (Wildman–Crippen LogP) is 2.08. The number of para-hydroxylation sites is 1. The van der Waals surface area contributed by atoms with Crippen LogP contribution in [0.5, 0.6) is 0 Å². The Morgan fingerprint density at radius 1 is 1.21 bits per heavy atom. The second kappa shape index (κ2) is 7.33. The summed E-state index contributed by atoms with van der Waals surface area (Å²) in [4.78, 5) is 34.3. The van der Waals surface area contributed by atoms with Gasteiger partial charge in [0.25, 0.3) is 11.8 Å². The van der Waals surface area contributed by atoms with Crippen molar-refractivity contribution in [1.82, 2.24) is 20.2 Å². The summed E-state index contributed by atoms with van der Waals surface area (Å²) in [5.74, 6) is 0.293. The summed E-state index contributed by atoms with van der Waals surface area (Å²) in [6.07, 6.45) is 3.23. The van der Waals surface area contributed by atoms with Gasteiger partial charge in [-0.05, 0) is 24.3 Å². The predicted molar refractivity (Wildman–Crippen MR) is 107 cm³/mol. The van der Waals surface area contributed by atoms with Crippen LogP contribution in [-0.4, -0.2) is 59.0 Å². The Morgan fingerprint density at radius 3 is 2.93 bits per heavy atom. The minimum Gasteiger partial charge on any atom is -0.376 e. The first-order chi connectivity index (χ1) is 14.2. The summed E-state index contributed by atoms with van der Waals surface area (Å²) < 4.78 is 5.93. The van der Waals surface area contributed by atoms with Crippen LogP contribution in [0.4, 0.5) is 0 Å². The normalized spacial score (nSPS) is 23.3. The molecule has 3 atom stereocenters. The summed E-state index contributed by atoms with van der Waals surface area (Å²) in [7, 11) is 0. The van der Waals surface area contributed by atoms with Crippen molar-refractivity contribution in [3.63, 3.8) is 0 Å². The van der Waals surface area contributed by atoms with E-state index in [4.69, 9.17) is 4.74 Å². The minimum atomic E-state index is -0.134. The molecule has 2 aliphatic heterocycles. The van der Waals surface area contributed by atoms with E-state index in [0.717, 1.165) is 10.9 Å². The van der Waals surface area contributed by atoms with Gasteiger partial charge in [-0.15, -0.1) is 0 Å². The summed E-state index contributed by atoms with van der Waals surface area (Å²) >= 11 is 0. The van der Waals surface area contributed by atoms with Gasteiger partial charge in [-0.2, -0.15) is 0 Å². The van der Waals surface area contributed by atoms with Crippen LogP contribution in [0, 0.1) is 11.8 Å². The smallest absolute Gasteiger partial charge is 0.270 e. The topological polar surface area (TPSA) is 87.3 Å². The van der Waals surface area contributed by atoms with E-state index < -0.39 is 0 Å². The van der Waals surface area contributed by atoms with Gasteiger partial charge in [0.1, 0.15) is 5.69 Å². The number of nitrogens with one attached hydrogen (secondary N) is 2. The highest BCUT2D eigenvalue weighted by molar-refractivity contribution is 5.98. The zero-order valence-electron chi connectivity index (χ0n) is 15.9. The highest BCUT2D eigenvalue weighted by Crippen LogP contribution is 2.34. The Kier molecular flexibility index (Phi) is 4.52. The minimum absolute atomic E-state index is 0.00246. The number of pyridine rings is 1. The van der Waals surface area contributed by atoms with E-state index in [0.29, 0.717) is 37.5 Å². The quantitative estimate of drug-likeness (QED) is 0.714. The van der Waals surface area contributed by atoms with Gasteiger partial charge in [0.15, 0.2) is 0 Å². The molecule has 2 N–H and O–H groups in total. The van der Waals surface area contributed by atoms with E-state index in [-0.39, 0.29) is 29.8 Å². The Bertz CT molecular complexity index is 1020. The lowest BCUT2D eigenvalue weighted by atomic mass is 9.93. The van der Waals surface area contributed by atoms with Crippen LogP contribution in [0.3, 0.4) is 0 Å². The van der Waals surface area contributed by atoms with Crippen molar-refractivity contribution in [2.45, 2.75) is 6.10 Å². The van der Waals surface area contributed by atoms with Crippen LogP contribution in [-0.2, 0) is 4.74 Å². The number of carbonyl (C=O) groups excluding carboxylic acids is 2. The number of carbonyl (C=O) groups is 2. The van der Waals surface area contributed by atoms with Crippen molar-refractivity contribution in [1.29, 1.82) is 0 Å². The molecule has 148 valence electrons. The molecule has 2 aliphatic rings. The molecule has 0 radical (unpaired) electrons. The molecule has 0 spiro atoms. The molecule has 5 rings (SSSR count). The number of amides is 2. The average molecular weight is 390 g/mol. The van der Waals surface area contributed by atoms with Crippen LogP contribution in [0.1, 0.15) is 20.8 Å². The lowest BCUT2D eigenvalue weighted by Gasteiger charge is -2.19. The molecule has 29 heavy (non-hydrogen) atoms. The lowest BCUT2D eigenvalue weighted by Crippen LogP contribution is -2.35. The lowest BCUT2D eigenvalue weighted by molar-refractivity contribution is 0.0671. The molecule has 0 saturated carbocycles. The zero-order chi connectivity index (χ0) is 19.8. The molecule has 0 unspecified atom stereocenters. The van der Waals surface area contributed by atoms with Crippen molar-refractivity contribution in [3.05, 3.63) is 66.1 Å². The fourth-order valence-corrected chi connectivity index (χ4v) is 4.36. The molecule has 2 amide bonds. The highest BCUT2D eigenvalue weighted by atomic mass is 16.5.